The van der Waals surface area contributed by atoms with Crippen LogP contribution in [0.1, 0.15) is 29.5 Å². The molecular weight excluding hydrogens is 408 g/mol. The predicted molar refractivity (Wildman–Crippen MR) is 115 cm³/mol. The highest BCUT2D eigenvalue weighted by molar-refractivity contribution is 6.31. The minimum Gasteiger partial charge on any atom is -0.461 e. The zero-order chi connectivity index (χ0) is 21.7. The van der Waals surface area contributed by atoms with E-state index in [-0.39, 0.29) is 13.2 Å². The Balaban J connectivity index is 2.12. The molecule has 3 aromatic rings. The van der Waals surface area contributed by atoms with E-state index in [1.54, 1.807) is 13.1 Å². The Morgan fingerprint density at radius 1 is 1.20 bits per heavy atom. The Hall–Kier alpha value is -2.90. The lowest BCUT2D eigenvalue weighted by molar-refractivity contribution is -0.515. The van der Waals surface area contributed by atoms with Crippen molar-refractivity contribution < 1.29 is 19.2 Å². The third-order valence-corrected chi connectivity index (χ3v) is 5.41. The molecule has 0 aliphatic heterocycles. The van der Waals surface area contributed by atoms with Gasteiger partial charge in [-0.05, 0) is 42.2 Å². The number of aromatic amines is 1. The van der Waals surface area contributed by atoms with Gasteiger partial charge in [0.05, 0.1) is 19.1 Å². The minimum atomic E-state index is -1.57. The topological polar surface area (TPSA) is 94.5 Å². The van der Waals surface area contributed by atoms with Gasteiger partial charge >= 0.3 is 12.0 Å². The van der Waals surface area contributed by atoms with Gasteiger partial charge in [-0.25, -0.2) is 4.79 Å². The molecule has 0 saturated carbocycles. The van der Waals surface area contributed by atoms with Crippen molar-refractivity contribution in [2.45, 2.75) is 25.3 Å². The number of carbonyl (C=O) groups is 1. The number of hydrogen-bond acceptors (Lipinski definition) is 5. The number of carbonyl (C=O) groups excluding carboxylic acids is 1. The quantitative estimate of drug-likeness (QED) is 0.309. The number of nitro groups is 1. The van der Waals surface area contributed by atoms with Crippen LogP contribution in [-0.2, 0) is 20.7 Å². The largest absolute Gasteiger partial charge is 0.461 e. The van der Waals surface area contributed by atoms with Gasteiger partial charge in [-0.2, -0.15) is 0 Å². The Kier molecular flexibility index (Phi) is 7.07. The average Bonchev–Trinajstić information content (AvgIpc) is 3.14. The monoisotopic (exact) mass is 430 g/mol. The summed E-state index contributed by atoms with van der Waals surface area (Å²) < 4.78 is 10.2. The first kappa shape index (κ1) is 21.8. The fourth-order valence-electron chi connectivity index (χ4n) is 3.73. The first-order chi connectivity index (χ1) is 14.5. The Morgan fingerprint density at radius 2 is 1.93 bits per heavy atom. The van der Waals surface area contributed by atoms with E-state index in [2.05, 4.69) is 4.98 Å². The van der Waals surface area contributed by atoms with E-state index in [1.807, 2.05) is 42.5 Å². The number of halogens is 1. The number of rotatable bonds is 9. The molecule has 30 heavy (non-hydrogen) atoms. The lowest BCUT2D eigenvalue weighted by Crippen LogP contribution is -2.39. The number of methoxy groups -OCH3 is 1. The fraction of sp³-hybridized carbons (Fsp3) is 0.318. The summed E-state index contributed by atoms with van der Waals surface area (Å²) in [6.07, 6.45) is 2.25. The van der Waals surface area contributed by atoms with Crippen molar-refractivity contribution in [3.8, 4) is 0 Å². The standard InChI is InChI=1S/C22H23ClN2O5/c1-3-30-22(26)21(25(27)28)17(13-29-2)16-12-24-19-10-6-8-15(20(16)19)11-14-7-4-5-9-18(14)23/h4-10,12,17,21,24H,3,11,13H2,1-2H3. The van der Waals surface area contributed by atoms with Crippen LogP contribution in [0.2, 0.25) is 5.02 Å². The van der Waals surface area contributed by atoms with E-state index in [4.69, 9.17) is 21.1 Å². The van der Waals surface area contributed by atoms with Crippen molar-refractivity contribution in [1.82, 2.24) is 4.98 Å². The second-order valence-corrected chi connectivity index (χ2v) is 7.30. The molecular formula is C22H23ClN2O5. The number of ether oxygens (including phenoxy) is 2. The summed E-state index contributed by atoms with van der Waals surface area (Å²) in [4.78, 5) is 26.8. The molecule has 0 aliphatic rings. The van der Waals surface area contributed by atoms with Crippen molar-refractivity contribution >= 4 is 28.5 Å². The Morgan fingerprint density at radius 3 is 2.60 bits per heavy atom. The zero-order valence-electron chi connectivity index (χ0n) is 16.8. The lowest BCUT2D eigenvalue weighted by atomic mass is 9.89. The summed E-state index contributed by atoms with van der Waals surface area (Å²) >= 11 is 6.34. The second-order valence-electron chi connectivity index (χ2n) is 6.90. The molecule has 2 unspecified atom stereocenters. The van der Waals surface area contributed by atoms with Crippen molar-refractivity contribution in [3.63, 3.8) is 0 Å². The molecule has 2 atom stereocenters. The number of aromatic nitrogens is 1. The molecule has 0 saturated heterocycles. The van der Waals surface area contributed by atoms with Crippen LogP contribution < -0.4 is 0 Å². The summed E-state index contributed by atoms with van der Waals surface area (Å²) in [5, 5.41) is 13.3. The van der Waals surface area contributed by atoms with Gasteiger partial charge in [-0.1, -0.05) is 41.9 Å². The van der Waals surface area contributed by atoms with Crippen molar-refractivity contribution in [1.29, 1.82) is 0 Å². The van der Waals surface area contributed by atoms with E-state index < -0.39 is 22.9 Å². The smallest absolute Gasteiger partial charge is 0.382 e. The second kappa shape index (κ2) is 9.73. The first-order valence-corrected chi connectivity index (χ1v) is 9.97. The van der Waals surface area contributed by atoms with Crippen LogP contribution >= 0.6 is 11.6 Å². The number of benzene rings is 2. The maximum absolute atomic E-state index is 12.4. The van der Waals surface area contributed by atoms with E-state index in [0.717, 1.165) is 22.0 Å². The summed E-state index contributed by atoms with van der Waals surface area (Å²) in [6.45, 7) is 1.68. The Labute approximate surface area is 179 Å². The van der Waals surface area contributed by atoms with Crippen LogP contribution in [0.15, 0.2) is 48.7 Å². The molecule has 0 amide bonds. The fourth-order valence-corrected chi connectivity index (χ4v) is 3.93. The van der Waals surface area contributed by atoms with Crippen molar-refractivity contribution in [2.24, 2.45) is 0 Å². The average molecular weight is 431 g/mol. The molecule has 0 radical (unpaired) electrons. The van der Waals surface area contributed by atoms with Crippen LogP contribution in [-0.4, -0.2) is 42.2 Å². The van der Waals surface area contributed by atoms with Crippen LogP contribution in [0.25, 0.3) is 10.9 Å². The number of hydrogen-bond donors (Lipinski definition) is 1. The Bertz CT molecular complexity index is 1050. The molecule has 0 aliphatic carbocycles. The summed E-state index contributed by atoms with van der Waals surface area (Å²) in [5.74, 6) is -1.69. The zero-order valence-corrected chi connectivity index (χ0v) is 17.5. The molecule has 8 heteroatoms. The van der Waals surface area contributed by atoms with Gasteiger partial charge in [-0.15, -0.1) is 0 Å². The van der Waals surface area contributed by atoms with Gasteiger partial charge in [0.2, 0.25) is 0 Å². The van der Waals surface area contributed by atoms with Crippen LogP contribution in [0.4, 0.5) is 0 Å². The first-order valence-electron chi connectivity index (χ1n) is 9.59. The van der Waals surface area contributed by atoms with Crippen LogP contribution in [0.5, 0.6) is 0 Å². The molecule has 0 fully saturated rings. The number of esters is 1. The highest BCUT2D eigenvalue weighted by Crippen LogP contribution is 2.34. The molecule has 1 aromatic heterocycles. The van der Waals surface area contributed by atoms with Crippen LogP contribution in [0.3, 0.4) is 0 Å². The normalized spacial score (nSPS) is 13.2. The molecule has 158 valence electrons. The summed E-state index contributed by atoms with van der Waals surface area (Å²) in [6, 6.07) is 11.7. The lowest BCUT2D eigenvalue weighted by Gasteiger charge is -2.19. The van der Waals surface area contributed by atoms with Gasteiger partial charge in [0.15, 0.2) is 0 Å². The third kappa shape index (κ3) is 4.47. The summed E-state index contributed by atoms with van der Waals surface area (Å²) in [5.41, 5.74) is 3.35. The maximum atomic E-state index is 12.4. The molecule has 2 aromatic carbocycles. The SMILES string of the molecule is CCOC(=O)C(C(COC)c1c[nH]c2cccc(Cc3ccccc3Cl)c12)[N+](=O)[O-]. The molecule has 1 N–H and O–H groups in total. The predicted octanol–water partition coefficient (Wildman–Crippen LogP) is 4.35. The van der Waals surface area contributed by atoms with E-state index in [0.29, 0.717) is 17.0 Å². The summed E-state index contributed by atoms with van der Waals surface area (Å²) in [7, 11) is 1.45. The number of nitrogens with zero attached hydrogens (tertiary/aromatic N) is 1. The van der Waals surface area contributed by atoms with Gasteiger partial charge in [-0.3, -0.25) is 10.1 Å². The van der Waals surface area contributed by atoms with E-state index in [1.165, 1.54) is 7.11 Å². The molecule has 1 heterocycles. The van der Waals surface area contributed by atoms with Crippen LogP contribution in [0, 0.1) is 10.1 Å². The molecule has 0 bridgehead atoms. The van der Waals surface area contributed by atoms with E-state index >= 15 is 0 Å². The maximum Gasteiger partial charge on any atom is 0.382 e. The minimum absolute atomic E-state index is 0.00214. The number of fused-ring (bicyclic) bond motifs is 1. The van der Waals surface area contributed by atoms with Gasteiger partial charge in [0, 0.05) is 34.2 Å². The van der Waals surface area contributed by atoms with Gasteiger partial charge in [0.1, 0.15) is 0 Å². The van der Waals surface area contributed by atoms with Crippen molar-refractivity contribution in [3.05, 3.63) is 80.5 Å². The van der Waals surface area contributed by atoms with E-state index in [9.17, 15) is 14.9 Å². The highest BCUT2D eigenvalue weighted by Gasteiger charge is 2.42. The molecule has 0 spiro atoms. The molecule has 7 nitrogen and oxygen atoms in total. The molecule has 3 rings (SSSR count). The number of nitrogens with one attached hydrogen (secondary N) is 1. The van der Waals surface area contributed by atoms with Gasteiger partial charge in [0.25, 0.3) is 0 Å². The number of H-pyrrole nitrogens is 1. The van der Waals surface area contributed by atoms with Crippen molar-refractivity contribution in [2.75, 3.05) is 20.3 Å². The van der Waals surface area contributed by atoms with Gasteiger partial charge < -0.3 is 14.5 Å². The highest BCUT2D eigenvalue weighted by atomic mass is 35.5. The third-order valence-electron chi connectivity index (χ3n) is 5.04.